The lowest BCUT2D eigenvalue weighted by molar-refractivity contribution is 0.610. The molecular weight excluding hydrogens is 290 g/mol. The standard InChI is InChI=1S/C15H17NO2S2/c1-13-7-9-15(10-8-13)20(17,18)19-16-12-11-14-5-3-2-4-6-14/h2-10,16H,11-12H2,1H3. The van der Waals surface area contributed by atoms with E-state index in [0.29, 0.717) is 11.4 Å². The summed E-state index contributed by atoms with van der Waals surface area (Å²) in [6.45, 7) is 2.54. The molecule has 0 aliphatic carbocycles. The molecule has 2 rings (SSSR count). The summed E-state index contributed by atoms with van der Waals surface area (Å²) in [4.78, 5) is 0.334. The molecule has 0 aliphatic heterocycles. The van der Waals surface area contributed by atoms with Gasteiger partial charge in [0.05, 0.1) is 15.9 Å². The molecule has 0 aliphatic rings. The fourth-order valence-corrected chi connectivity index (χ4v) is 3.96. The second-order valence-corrected chi connectivity index (χ2v) is 8.13. The topological polar surface area (TPSA) is 46.2 Å². The summed E-state index contributed by atoms with van der Waals surface area (Å²) in [5, 5.41) is 0. The van der Waals surface area contributed by atoms with Crippen molar-refractivity contribution in [2.45, 2.75) is 18.2 Å². The molecule has 0 atom stereocenters. The van der Waals surface area contributed by atoms with E-state index < -0.39 is 8.87 Å². The highest BCUT2D eigenvalue weighted by atomic mass is 33.1. The largest absolute Gasteiger partial charge is 0.250 e. The van der Waals surface area contributed by atoms with Crippen molar-refractivity contribution < 1.29 is 8.42 Å². The van der Waals surface area contributed by atoms with Crippen molar-refractivity contribution in [2.75, 3.05) is 6.54 Å². The highest BCUT2D eigenvalue weighted by Crippen LogP contribution is 2.20. The molecular formula is C15H17NO2S2. The molecule has 3 nitrogen and oxygen atoms in total. The summed E-state index contributed by atoms with van der Waals surface area (Å²) in [6, 6.07) is 16.9. The third-order valence-electron chi connectivity index (χ3n) is 2.84. The van der Waals surface area contributed by atoms with Gasteiger partial charge in [0.25, 0.3) is 0 Å². The van der Waals surface area contributed by atoms with Gasteiger partial charge >= 0.3 is 0 Å². The molecule has 0 aromatic heterocycles. The van der Waals surface area contributed by atoms with Crippen LogP contribution in [0.25, 0.3) is 0 Å². The lowest BCUT2D eigenvalue weighted by Crippen LogP contribution is -2.12. The van der Waals surface area contributed by atoms with Crippen LogP contribution in [0.3, 0.4) is 0 Å². The van der Waals surface area contributed by atoms with Crippen molar-refractivity contribution in [3.63, 3.8) is 0 Å². The average Bonchev–Trinajstić information content (AvgIpc) is 2.45. The Hall–Kier alpha value is -1.30. The van der Waals surface area contributed by atoms with Gasteiger partial charge in [0.2, 0.25) is 8.87 Å². The van der Waals surface area contributed by atoms with Crippen LogP contribution >= 0.6 is 11.0 Å². The molecule has 20 heavy (non-hydrogen) atoms. The van der Waals surface area contributed by atoms with Gasteiger partial charge in [-0.1, -0.05) is 48.0 Å². The molecule has 5 heteroatoms. The maximum absolute atomic E-state index is 12.1. The van der Waals surface area contributed by atoms with Crippen LogP contribution < -0.4 is 4.72 Å². The van der Waals surface area contributed by atoms with Crippen molar-refractivity contribution >= 4 is 19.8 Å². The Balaban J connectivity index is 1.85. The molecule has 0 saturated heterocycles. The van der Waals surface area contributed by atoms with Crippen LogP contribution in [0.4, 0.5) is 0 Å². The first-order valence-corrected chi connectivity index (χ1v) is 9.16. The third-order valence-corrected chi connectivity index (χ3v) is 5.82. The summed E-state index contributed by atoms with van der Waals surface area (Å²) in [5.41, 5.74) is 2.24. The number of benzene rings is 2. The zero-order chi connectivity index (χ0) is 14.4. The van der Waals surface area contributed by atoms with Crippen LogP contribution in [0.5, 0.6) is 0 Å². The quantitative estimate of drug-likeness (QED) is 0.506. The van der Waals surface area contributed by atoms with Gasteiger partial charge in [-0.25, -0.2) is 8.42 Å². The number of hydrogen-bond donors (Lipinski definition) is 1. The molecule has 0 bridgehead atoms. The van der Waals surface area contributed by atoms with Crippen LogP contribution in [0.15, 0.2) is 59.5 Å². The van der Waals surface area contributed by atoms with E-state index in [1.165, 1.54) is 5.56 Å². The van der Waals surface area contributed by atoms with Gasteiger partial charge in [0.15, 0.2) is 0 Å². The molecule has 0 amide bonds. The fourth-order valence-electron chi connectivity index (χ4n) is 1.71. The Morgan fingerprint density at radius 2 is 1.65 bits per heavy atom. The van der Waals surface area contributed by atoms with Gasteiger partial charge in [-0.15, -0.1) is 0 Å². The molecule has 106 valence electrons. The van der Waals surface area contributed by atoms with Crippen LogP contribution in [0.1, 0.15) is 11.1 Å². The highest BCUT2D eigenvalue weighted by Gasteiger charge is 2.14. The summed E-state index contributed by atoms with van der Waals surface area (Å²) >= 11 is 0. The molecule has 0 saturated carbocycles. The van der Waals surface area contributed by atoms with E-state index in [0.717, 1.165) is 23.0 Å². The van der Waals surface area contributed by atoms with Gasteiger partial charge in [-0.2, -0.15) is 0 Å². The van der Waals surface area contributed by atoms with E-state index in [1.807, 2.05) is 37.3 Å². The Bertz CT molecular complexity index is 637. The van der Waals surface area contributed by atoms with Gasteiger partial charge in [-0.05, 0) is 31.0 Å². The summed E-state index contributed by atoms with van der Waals surface area (Å²) in [7, 11) is -2.55. The lowest BCUT2D eigenvalue weighted by atomic mass is 10.2. The van der Waals surface area contributed by atoms with Crippen LogP contribution in [0.2, 0.25) is 0 Å². The van der Waals surface area contributed by atoms with Crippen molar-refractivity contribution in [2.24, 2.45) is 0 Å². The predicted octanol–water partition coefficient (Wildman–Crippen LogP) is 3.16. The minimum atomic E-state index is -3.33. The number of hydrogen-bond acceptors (Lipinski definition) is 4. The number of aryl methyl sites for hydroxylation is 1. The van der Waals surface area contributed by atoms with Crippen LogP contribution in [-0.4, -0.2) is 15.0 Å². The first kappa shape index (κ1) is 15.1. The SMILES string of the molecule is Cc1ccc(S(=O)(=O)SNCCc2ccccc2)cc1. The predicted molar refractivity (Wildman–Crippen MR) is 84.1 cm³/mol. The Morgan fingerprint density at radius 3 is 2.30 bits per heavy atom. The van der Waals surface area contributed by atoms with E-state index in [1.54, 1.807) is 24.3 Å². The van der Waals surface area contributed by atoms with E-state index in [9.17, 15) is 8.42 Å². The lowest BCUT2D eigenvalue weighted by Gasteiger charge is -2.06. The minimum Gasteiger partial charge on any atom is -0.250 e. The van der Waals surface area contributed by atoms with Gasteiger partial charge < -0.3 is 0 Å². The molecule has 0 unspecified atom stereocenters. The monoisotopic (exact) mass is 307 g/mol. The third kappa shape index (κ3) is 4.37. The number of rotatable bonds is 6. The zero-order valence-electron chi connectivity index (χ0n) is 11.2. The maximum Gasteiger partial charge on any atom is 0.244 e. The maximum atomic E-state index is 12.1. The summed E-state index contributed by atoms with van der Waals surface area (Å²) < 4.78 is 27.0. The Kier molecular flexibility index (Phi) is 5.23. The molecule has 0 fully saturated rings. The van der Waals surface area contributed by atoms with Crippen LogP contribution in [-0.2, 0) is 15.3 Å². The highest BCUT2D eigenvalue weighted by molar-refractivity contribution is 8.71. The molecule has 2 aromatic rings. The first-order valence-electron chi connectivity index (χ1n) is 6.35. The van der Waals surface area contributed by atoms with Gasteiger partial charge in [0.1, 0.15) is 0 Å². The molecule has 0 heterocycles. The average molecular weight is 307 g/mol. The molecule has 0 spiro atoms. The fraction of sp³-hybridized carbons (Fsp3) is 0.200. The van der Waals surface area contributed by atoms with Crippen molar-refractivity contribution in [3.05, 3.63) is 65.7 Å². The minimum absolute atomic E-state index is 0.334. The van der Waals surface area contributed by atoms with E-state index in [4.69, 9.17) is 0 Å². The second-order valence-electron chi connectivity index (χ2n) is 4.48. The van der Waals surface area contributed by atoms with Crippen LogP contribution in [0, 0.1) is 6.92 Å². The summed E-state index contributed by atoms with van der Waals surface area (Å²) in [5.74, 6) is 0. The van der Waals surface area contributed by atoms with E-state index >= 15 is 0 Å². The van der Waals surface area contributed by atoms with Gasteiger partial charge in [0, 0.05) is 6.54 Å². The van der Waals surface area contributed by atoms with Crippen molar-refractivity contribution in [1.82, 2.24) is 4.72 Å². The Morgan fingerprint density at radius 1 is 1.00 bits per heavy atom. The normalized spacial score (nSPS) is 11.4. The molecule has 2 aromatic carbocycles. The second kappa shape index (κ2) is 6.92. The van der Waals surface area contributed by atoms with Crippen molar-refractivity contribution in [1.29, 1.82) is 0 Å². The summed E-state index contributed by atoms with van der Waals surface area (Å²) in [6.07, 6.45) is 0.803. The molecule has 0 radical (unpaired) electrons. The smallest absolute Gasteiger partial charge is 0.244 e. The van der Waals surface area contributed by atoms with Crippen molar-refractivity contribution in [3.8, 4) is 0 Å². The Labute approximate surface area is 123 Å². The van der Waals surface area contributed by atoms with Gasteiger partial charge in [-0.3, -0.25) is 4.72 Å². The zero-order valence-corrected chi connectivity index (χ0v) is 12.9. The number of nitrogens with one attached hydrogen (secondary N) is 1. The van der Waals surface area contributed by atoms with E-state index in [-0.39, 0.29) is 0 Å². The van der Waals surface area contributed by atoms with E-state index in [2.05, 4.69) is 4.72 Å². The first-order chi connectivity index (χ1) is 9.58. The molecule has 1 N–H and O–H groups in total.